The number of carboxylic acids is 1. The van der Waals surface area contributed by atoms with Gasteiger partial charge in [-0.3, -0.25) is 4.98 Å². The number of rotatable bonds is 6. The van der Waals surface area contributed by atoms with Gasteiger partial charge in [-0.25, -0.2) is 17.5 Å². The van der Waals surface area contributed by atoms with Crippen molar-refractivity contribution in [1.29, 1.82) is 10.5 Å². The van der Waals surface area contributed by atoms with E-state index < -0.39 is 27.6 Å². The molecule has 0 unspecified atom stereocenters. The molecule has 0 amide bonds. The first-order chi connectivity index (χ1) is 19.7. The summed E-state index contributed by atoms with van der Waals surface area (Å²) in [4.78, 5) is 17.7. The number of nitriles is 2. The molecule has 42 heavy (non-hydrogen) atoms. The largest absolute Gasteiger partial charge is 0.490 e. The van der Waals surface area contributed by atoms with Crippen LogP contribution in [-0.4, -0.2) is 86.7 Å². The number of likely N-dealkylation sites (tertiary alicyclic amines) is 1. The number of sulfonamides is 1. The number of hydrogen-bond donors (Lipinski definition) is 1. The quantitative estimate of drug-likeness (QED) is 0.522. The Kier molecular flexibility index (Phi) is 10.5. The summed E-state index contributed by atoms with van der Waals surface area (Å²) >= 11 is 0. The highest BCUT2D eigenvalue weighted by molar-refractivity contribution is 7.89. The first kappa shape index (κ1) is 32.8. The summed E-state index contributed by atoms with van der Waals surface area (Å²) in [5.41, 5.74) is 1.04. The average Bonchev–Trinajstić information content (AvgIpc) is 2.98. The molecule has 1 aromatic carbocycles. The molecule has 2 aliphatic rings. The summed E-state index contributed by atoms with van der Waals surface area (Å²) in [6.07, 6.45) is -0.254. The van der Waals surface area contributed by atoms with E-state index in [-0.39, 0.29) is 10.5 Å². The van der Waals surface area contributed by atoms with Gasteiger partial charge in [0.15, 0.2) is 0 Å². The van der Waals surface area contributed by atoms with E-state index in [2.05, 4.69) is 34.0 Å². The van der Waals surface area contributed by atoms with Crippen LogP contribution in [0.2, 0.25) is 0 Å². The van der Waals surface area contributed by atoms with Gasteiger partial charge in [-0.1, -0.05) is 6.07 Å². The van der Waals surface area contributed by atoms with Crippen LogP contribution >= 0.6 is 0 Å². The van der Waals surface area contributed by atoms with Crippen LogP contribution < -0.4 is 4.90 Å². The maximum atomic E-state index is 13.5. The van der Waals surface area contributed by atoms with Crippen molar-refractivity contribution in [2.45, 2.75) is 42.2 Å². The van der Waals surface area contributed by atoms with E-state index in [4.69, 9.17) is 9.90 Å². The minimum atomic E-state index is -5.08. The lowest BCUT2D eigenvalue weighted by Crippen LogP contribution is -2.42. The van der Waals surface area contributed by atoms with Crippen molar-refractivity contribution in [3.05, 3.63) is 53.9 Å². The number of alkyl halides is 3. The smallest absolute Gasteiger partial charge is 0.475 e. The van der Waals surface area contributed by atoms with Gasteiger partial charge in [-0.15, -0.1) is 0 Å². The topological polar surface area (TPSA) is 142 Å². The van der Waals surface area contributed by atoms with E-state index in [9.17, 15) is 32.1 Å². The number of anilines is 1. The lowest BCUT2D eigenvalue weighted by Gasteiger charge is -2.38. The molecular formula is C28H33F3N6O4S. The van der Waals surface area contributed by atoms with Crippen molar-refractivity contribution in [1.82, 2.24) is 14.2 Å². The predicted molar refractivity (Wildman–Crippen MR) is 148 cm³/mol. The molecule has 1 N–H and O–H groups in total. The highest BCUT2D eigenvalue weighted by atomic mass is 32.2. The van der Waals surface area contributed by atoms with Crippen molar-refractivity contribution in [2.24, 2.45) is 5.92 Å². The average molecular weight is 607 g/mol. The van der Waals surface area contributed by atoms with Crippen LogP contribution in [0.1, 0.15) is 36.9 Å². The number of benzene rings is 1. The van der Waals surface area contributed by atoms with Crippen LogP contribution in [-0.2, 0) is 20.2 Å². The third-order valence-corrected chi connectivity index (χ3v) is 9.58. The van der Waals surface area contributed by atoms with E-state index in [1.54, 1.807) is 31.4 Å². The Morgan fingerprint density at radius 1 is 1.14 bits per heavy atom. The number of carbonyl (C=O) groups is 1. The Balaban J connectivity index is 0.000000616. The monoisotopic (exact) mass is 606 g/mol. The zero-order valence-corrected chi connectivity index (χ0v) is 24.2. The summed E-state index contributed by atoms with van der Waals surface area (Å²) in [6.45, 7) is 3.58. The fourth-order valence-corrected chi connectivity index (χ4v) is 6.51. The Morgan fingerprint density at radius 3 is 2.26 bits per heavy atom. The van der Waals surface area contributed by atoms with E-state index in [0.717, 1.165) is 37.3 Å². The van der Waals surface area contributed by atoms with Crippen molar-refractivity contribution < 1.29 is 31.5 Å². The van der Waals surface area contributed by atoms with Crippen LogP contribution in [0, 0.1) is 28.6 Å². The molecule has 0 aliphatic carbocycles. The molecule has 0 spiro atoms. The third-order valence-electron chi connectivity index (χ3n) is 7.72. The van der Waals surface area contributed by atoms with Gasteiger partial charge in [0.1, 0.15) is 16.4 Å². The highest BCUT2D eigenvalue weighted by Gasteiger charge is 2.39. The SMILES string of the molecule is CN1CCC(CN(C)S(=O)(=O)c2cc(N3CCC(C#N)(c4ccccn4)CC3)ccc2C#N)CC1.O=C(O)C(F)(F)F. The molecule has 14 heteroatoms. The highest BCUT2D eigenvalue weighted by Crippen LogP contribution is 2.36. The number of halogens is 3. The van der Waals surface area contributed by atoms with Crippen molar-refractivity contribution in [3.63, 3.8) is 0 Å². The van der Waals surface area contributed by atoms with Crippen LogP contribution in [0.5, 0.6) is 0 Å². The molecule has 0 saturated carbocycles. The first-order valence-electron chi connectivity index (χ1n) is 13.3. The van der Waals surface area contributed by atoms with Gasteiger partial charge in [0.05, 0.1) is 17.3 Å². The molecule has 2 fully saturated rings. The zero-order chi connectivity index (χ0) is 31.1. The molecule has 2 saturated heterocycles. The third kappa shape index (κ3) is 7.76. The molecule has 226 valence electrons. The number of piperidine rings is 2. The molecule has 4 rings (SSSR count). The van der Waals surface area contributed by atoms with E-state index in [0.29, 0.717) is 38.4 Å². The fraction of sp³-hybridized carbons (Fsp3) is 0.500. The van der Waals surface area contributed by atoms with Gasteiger partial charge in [-0.2, -0.15) is 23.7 Å². The van der Waals surface area contributed by atoms with Gasteiger partial charge in [0.25, 0.3) is 0 Å². The number of aliphatic carboxylic acids is 1. The minimum absolute atomic E-state index is 0.0507. The van der Waals surface area contributed by atoms with Crippen LogP contribution in [0.15, 0.2) is 47.5 Å². The van der Waals surface area contributed by atoms with E-state index >= 15 is 0 Å². The molecule has 3 heterocycles. The van der Waals surface area contributed by atoms with Gasteiger partial charge < -0.3 is 14.9 Å². The summed E-state index contributed by atoms with van der Waals surface area (Å²) in [5, 5.41) is 26.7. The summed E-state index contributed by atoms with van der Waals surface area (Å²) in [5.74, 6) is -2.44. The molecular weight excluding hydrogens is 573 g/mol. The zero-order valence-electron chi connectivity index (χ0n) is 23.4. The first-order valence-corrected chi connectivity index (χ1v) is 14.7. The lowest BCUT2D eigenvalue weighted by molar-refractivity contribution is -0.192. The van der Waals surface area contributed by atoms with Crippen molar-refractivity contribution in [2.75, 3.05) is 51.7 Å². The number of nitrogens with zero attached hydrogens (tertiary/aromatic N) is 6. The predicted octanol–water partition coefficient (Wildman–Crippen LogP) is 3.61. The van der Waals surface area contributed by atoms with Gasteiger partial charge in [0.2, 0.25) is 10.0 Å². The molecule has 1 aromatic heterocycles. The van der Waals surface area contributed by atoms with E-state index in [1.165, 1.54) is 4.31 Å². The maximum absolute atomic E-state index is 13.5. The summed E-state index contributed by atoms with van der Waals surface area (Å²) in [6, 6.07) is 15.2. The van der Waals surface area contributed by atoms with Crippen LogP contribution in [0.25, 0.3) is 0 Å². The second-order valence-electron chi connectivity index (χ2n) is 10.5. The van der Waals surface area contributed by atoms with Crippen LogP contribution in [0.4, 0.5) is 18.9 Å². The Morgan fingerprint density at radius 2 is 1.76 bits per heavy atom. The molecule has 10 nitrogen and oxygen atoms in total. The van der Waals surface area contributed by atoms with Gasteiger partial charge in [-0.05, 0) is 82.1 Å². The summed E-state index contributed by atoms with van der Waals surface area (Å²) in [7, 11) is -0.128. The standard InChI is InChI=1S/C26H32N6O2S.C2HF3O2/c1-30-13-8-21(9-14-30)19-31(2)35(33,34)24-17-23(7-6-22(24)18-27)32-15-10-26(20-28,11-16-32)25-5-3-4-12-29-25;3-2(4,5)1(6)7/h3-7,12,17,21H,8-11,13-16,19H2,1-2H3;(H,6,7). The minimum Gasteiger partial charge on any atom is -0.475 e. The van der Waals surface area contributed by atoms with Crippen molar-refractivity contribution >= 4 is 21.7 Å². The normalized spacial score (nSPS) is 18.0. The Hall–Kier alpha value is -3.72. The molecule has 0 atom stereocenters. The second-order valence-corrected chi connectivity index (χ2v) is 12.5. The summed E-state index contributed by atoms with van der Waals surface area (Å²) < 4.78 is 60.2. The maximum Gasteiger partial charge on any atom is 0.490 e. The molecule has 2 aliphatic heterocycles. The van der Waals surface area contributed by atoms with Crippen LogP contribution in [0.3, 0.4) is 0 Å². The number of carboxylic acid groups (broad SMARTS) is 1. The van der Waals surface area contributed by atoms with Gasteiger partial charge in [0, 0.05) is 38.6 Å². The molecule has 0 radical (unpaired) electrons. The van der Waals surface area contributed by atoms with E-state index in [1.807, 2.05) is 18.2 Å². The Bertz CT molecular complexity index is 1420. The Labute approximate surface area is 243 Å². The number of aromatic nitrogens is 1. The van der Waals surface area contributed by atoms with Crippen molar-refractivity contribution in [3.8, 4) is 12.1 Å². The molecule has 0 bridgehead atoms. The lowest BCUT2D eigenvalue weighted by atomic mass is 9.76. The van der Waals surface area contributed by atoms with Gasteiger partial charge >= 0.3 is 12.1 Å². The fourth-order valence-electron chi connectivity index (χ4n) is 5.11. The number of hydrogen-bond acceptors (Lipinski definition) is 8. The number of pyridine rings is 1. The second kappa shape index (κ2) is 13.5. The molecule has 2 aromatic rings.